The molecule has 2 aromatic carbocycles. The molecule has 0 unspecified atom stereocenters. The number of carbonyl (C=O) groups excluding carboxylic acids is 1. The van der Waals surface area contributed by atoms with Crippen LogP contribution < -0.4 is 4.74 Å². The van der Waals surface area contributed by atoms with Crippen LogP contribution in [-0.4, -0.2) is 12.4 Å². The van der Waals surface area contributed by atoms with Gasteiger partial charge in [-0.2, -0.15) is 0 Å². The Morgan fingerprint density at radius 2 is 1.94 bits per heavy atom. The normalized spacial score (nSPS) is 10.1. The quantitative estimate of drug-likeness (QED) is 0.781. The lowest BCUT2D eigenvalue weighted by Crippen LogP contribution is -2.11. The minimum absolute atomic E-state index is 0.0110. The highest BCUT2D eigenvalue weighted by molar-refractivity contribution is 9.10. The van der Waals surface area contributed by atoms with Crippen molar-refractivity contribution in [3.8, 4) is 5.75 Å². The van der Waals surface area contributed by atoms with E-state index in [9.17, 15) is 4.79 Å². The van der Waals surface area contributed by atoms with Crippen molar-refractivity contribution >= 4 is 33.3 Å². The highest BCUT2D eigenvalue weighted by Gasteiger charge is 2.08. The summed E-state index contributed by atoms with van der Waals surface area (Å²) in [5.41, 5.74) is 0.551. The van der Waals surface area contributed by atoms with Crippen LogP contribution in [0.2, 0.25) is 5.02 Å². The van der Waals surface area contributed by atoms with E-state index in [2.05, 4.69) is 15.9 Å². The Labute approximate surface area is 119 Å². The molecule has 2 rings (SSSR count). The molecule has 0 aliphatic heterocycles. The fourth-order valence-electron chi connectivity index (χ4n) is 1.45. The second kappa shape index (κ2) is 6.03. The lowest BCUT2D eigenvalue weighted by Gasteiger charge is -2.07. The molecule has 0 aliphatic carbocycles. The number of hydrogen-bond donors (Lipinski definition) is 0. The zero-order valence-corrected chi connectivity index (χ0v) is 11.7. The highest BCUT2D eigenvalue weighted by Crippen LogP contribution is 2.24. The second-order valence-corrected chi connectivity index (χ2v) is 4.94. The monoisotopic (exact) mass is 324 g/mol. The third kappa shape index (κ3) is 3.34. The third-order valence-corrected chi connectivity index (χ3v) is 3.23. The third-order valence-electron chi connectivity index (χ3n) is 2.34. The molecule has 0 aromatic heterocycles. The zero-order chi connectivity index (χ0) is 13.0. The maximum atomic E-state index is 11.9. The van der Waals surface area contributed by atoms with Crippen molar-refractivity contribution in [1.29, 1.82) is 0 Å². The smallest absolute Gasteiger partial charge is 0.200 e. The summed E-state index contributed by atoms with van der Waals surface area (Å²) in [6.07, 6.45) is 0. The Morgan fingerprint density at radius 3 is 2.67 bits per heavy atom. The first kappa shape index (κ1) is 13.1. The molecule has 0 saturated heterocycles. The van der Waals surface area contributed by atoms with Gasteiger partial charge < -0.3 is 4.74 Å². The average Bonchev–Trinajstić information content (AvgIpc) is 2.37. The molecule has 2 nitrogen and oxygen atoms in total. The Morgan fingerprint density at radius 1 is 1.17 bits per heavy atom. The van der Waals surface area contributed by atoms with E-state index in [0.29, 0.717) is 16.3 Å². The molecule has 4 heteroatoms. The van der Waals surface area contributed by atoms with E-state index in [1.54, 1.807) is 30.3 Å². The Kier molecular flexibility index (Phi) is 4.39. The van der Waals surface area contributed by atoms with E-state index in [1.165, 1.54) is 0 Å². The molecule has 0 N–H and O–H groups in total. The first-order valence-corrected chi connectivity index (χ1v) is 6.50. The van der Waals surface area contributed by atoms with Crippen molar-refractivity contribution in [2.75, 3.05) is 6.61 Å². The summed E-state index contributed by atoms with van der Waals surface area (Å²) in [7, 11) is 0. The van der Waals surface area contributed by atoms with Crippen LogP contribution in [0.25, 0.3) is 0 Å². The van der Waals surface area contributed by atoms with Crippen LogP contribution in [0, 0.1) is 0 Å². The van der Waals surface area contributed by atoms with Crippen LogP contribution in [-0.2, 0) is 0 Å². The molecule has 0 radical (unpaired) electrons. The summed E-state index contributed by atoms with van der Waals surface area (Å²) < 4.78 is 6.28. The molecule has 2 aromatic rings. The second-order valence-electron chi connectivity index (χ2n) is 3.65. The maximum absolute atomic E-state index is 11.9. The van der Waals surface area contributed by atoms with Crippen molar-refractivity contribution in [1.82, 2.24) is 0 Å². The first-order chi connectivity index (χ1) is 8.66. The van der Waals surface area contributed by atoms with Gasteiger partial charge in [-0.15, -0.1) is 0 Å². The topological polar surface area (TPSA) is 26.3 Å². The van der Waals surface area contributed by atoms with Crippen LogP contribution in [0.1, 0.15) is 10.4 Å². The van der Waals surface area contributed by atoms with Gasteiger partial charge in [0.1, 0.15) is 5.75 Å². The number of para-hydroxylation sites is 1. The summed E-state index contributed by atoms with van der Waals surface area (Å²) in [5.74, 6) is 0.543. The van der Waals surface area contributed by atoms with Gasteiger partial charge in [0.15, 0.2) is 12.4 Å². The number of hydrogen-bond acceptors (Lipinski definition) is 2. The molecule has 0 fully saturated rings. The van der Waals surface area contributed by atoms with Crippen LogP contribution in [0.4, 0.5) is 0 Å². The van der Waals surface area contributed by atoms with Gasteiger partial charge in [-0.25, -0.2) is 0 Å². The van der Waals surface area contributed by atoms with Gasteiger partial charge in [-0.05, 0) is 40.2 Å². The van der Waals surface area contributed by atoms with Crippen molar-refractivity contribution in [3.05, 3.63) is 63.6 Å². The number of ether oxygens (including phenoxy) is 1. The predicted molar refractivity (Wildman–Crippen MR) is 75.4 cm³/mol. The fraction of sp³-hybridized carbons (Fsp3) is 0.0714. The van der Waals surface area contributed by atoms with E-state index >= 15 is 0 Å². The number of ketones is 1. The minimum Gasteiger partial charge on any atom is -0.484 e. The van der Waals surface area contributed by atoms with Crippen LogP contribution in [0.15, 0.2) is 53.0 Å². The lowest BCUT2D eigenvalue weighted by molar-refractivity contribution is 0.0921. The van der Waals surface area contributed by atoms with Gasteiger partial charge in [0.25, 0.3) is 0 Å². The van der Waals surface area contributed by atoms with E-state index in [4.69, 9.17) is 16.3 Å². The molecule has 0 heterocycles. The van der Waals surface area contributed by atoms with Crippen molar-refractivity contribution in [3.63, 3.8) is 0 Å². The molecule has 0 aliphatic rings. The molecule has 0 atom stereocenters. The summed E-state index contributed by atoms with van der Waals surface area (Å²) in [5, 5.41) is 0.543. The molecular formula is C14H10BrClO2. The number of carbonyl (C=O) groups is 1. The summed E-state index contributed by atoms with van der Waals surface area (Å²) in [6, 6.07) is 14.2. The Bertz CT molecular complexity index is 569. The summed E-state index contributed by atoms with van der Waals surface area (Å²) in [4.78, 5) is 11.9. The van der Waals surface area contributed by atoms with Crippen molar-refractivity contribution in [2.24, 2.45) is 0 Å². The number of Topliss-reactive ketones (excluding diaryl/α,β-unsaturated/α-hetero) is 1. The minimum atomic E-state index is -0.103. The van der Waals surface area contributed by atoms with E-state index in [1.807, 2.05) is 18.2 Å². The molecule has 0 amide bonds. The van der Waals surface area contributed by atoms with Crippen LogP contribution in [0.5, 0.6) is 5.75 Å². The van der Waals surface area contributed by atoms with Crippen molar-refractivity contribution < 1.29 is 9.53 Å². The lowest BCUT2D eigenvalue weighted by atomic mass is 10.1. The van der Waals surface area contributed by atoms with Gasteiger partial charge in [0.2, 0.25) is 0 Å². The van der Waals surface area contributed by atoms with Gasteiger partial charge in [-0.3, -0.25) is 4.79 Å². The van der Waals surface area contributed by atoms with E-state index in [0.717, 1.165) is 4.47 Å². The van der Waals surface area contributed by atoms with Gasteiger partial charge in [0, 0.05) is 10.6 Å². The SMILES string of the molecule is O=C(COc1ccccc1Br)c1cccc(Cl)c1. The summed E-state index contributed by atoms with van der Waals surface area (Å²) in [6.45, 7) is -0.0110. The number of halogens is 2. The Hall–Kier alpha value is -1.32. The molecular weight excluding hydrogens is 316 g/mol. The van der Waals surface area contributed by atoms with E-state index < -0.39 is 0 Å². The molecule has 0 spiro atoms. The molecule has 0 saturated carbocycles. The van der Waals surface area contributed by atoms with Crippen LogP contribution >= 0.6 is 27.5 Å². The molecule has 18 heavy (non-hydrogen) atoms. The predicted octanol–water partition coefficient (Wildman–Crippen LogP) is 4.36. The molecule has 0 bridgehead atoms. The van der Waals surface area contributed by atoms with Gasteiger partial charge in [-0.1, -0.05) is 35.9 Å². The number of rotatable bonds is 4. The standard InChI is InChI=1S/C14H10BrClO2/c15-12-6-1-2-7-14(12)18-9-13(17)10-4-3-5-11(16)8-10/h1-8H,9H2. The zero-order valence-electron chi connectivity index (χ0n) is 9.40. The average molecular weight is 326 g/mol. The highest BCUT2D eigenvalue weighted by atomic mass is 79.9. The Balaban J connectivity index is 2.03. The number of benzene rings is 2. The van der Waals surface area contributed by atoms with E-state index in [-0.39, 0.29) is 12.4 Å². The van der Waals surface area contributed by atoms with Crippen LogP contribution in [0.3, 0.4) is 0 Å². The van der Waals surface area contributed by atoms with Crippen molar-refractivity contribution in [2.45, 2.75) is 0 Å². The summed E-state index contributed by atoms with van der Waals surface area (Å²) >= 11 is 9.19. The van der Waals surface area contributed by atoms with Gasteiger partial charge >= 0.3 is 0 Å². The largest absolute Gasteiger partial charge is 0.484 e. The molecule has 92 valence electrons. The first-order valence-electron chi connectivity index (χ1n) is 5.33. The van der Waals surface area contributed by atoms with Gasteiger partial charge in [0.05, 0.1) is 4.47 Å². The maximum Gasteiger partial charge on any atom is 0.200 e. The fourth-order valence-corrected chi connectivity index (χ4v) is 2.04.